The van der Waals surface area contributed by atoms with Crippen molar-refractivity contribution in [1.82, 2.24) is 0 Å². The number of nitrogens with zero attached hydrogens (tertiary/aromatic N) is 1. The molecule has 3 N–H and O–H groups in total. The van der Waals surface area contributed by atoms with E-state index < -0.39 is 0 Å². The molecule has 3 nitrogen and oxygen atoms in total. The maximum absolute atomic E-state index is 6.92. The summed E-state index contributed by atoms with van der Waals surface area (Å²) in [5.74, 6) is 0.106. The van der Waals surface area contributed by atoms with E-state index in [1.165, 1.54) is 0 Å². The van der Waals surface area contributed by atoms with Crippen LogP contribution in [0.1, 0.15) is 13.8 Å². The van der Waals surface area contributed by atoms with Crippen LogP contribution in [-0.4, -0.2) is 23.3 Å². The molecular formula is C5H12N3+. The molecule has 0 amide bonds. The van der Waals surface area contributed by atoms with Crippen LogP contribution in [0, 0.1) is 5.41 Å². The molecule has 0 saturated heterocycles. The lowest BCUT2D eigenvalue weighted by molar-refractivity contribution is -0.402. The number of nitrogens with two attached hydrogens (primary N) is 1. The number of nitrogens with one attached hydrogen (secondary N) is 1. The molecule has 0 radical (unpaired) electrons. The van der Waals surface area contributed by atoms with Gasteiger partial charge in [-0.1, -0.05) is 0 Å². The normalized spacial score (nSPS) is 11.5. The van der Waals surface area contributed by atoms with Crippen LogP contribution in [0.25, 0.3) is 0 Å². The zero-order chi connectivity index (χ0) is 6.57. The van der Waals surface area contributed by atoms with Crippen molar-refractivity contribution in [3.8, 4) is 0 Å². The molecule has 0 heterocycles. The molecule has 0 unspecified atom stereocenters. The Balaban J connectivity index is 3.92. The highest BCUT2D eigenvalue weighted by atomic mass is 15.1. The van der Waals surface area contributed by atoms with Gasteiger partial charge in [-0.25, -0.2) is 4.58 Å². The van der Waals surface area contributed by atoms with Crippen molar-refractivity contribution in [2.75, 3.05) is 6.54 Å². The lowest BCUT2D eigenvalue weighted by Gasteiger charge is -1.94. The van der Waals surface area contributed by atoms with Gasteiger partial charge in [-0.3, -0.25) is 5.73 Å². The van der Waals surface area contributed by atoms with Gasteiger partial charge in [-0.05, 0) is 13.8 Å². The minimum absolute atomic E-state index is 0.106. The first-order valence-corrected chi connectivity index (χ1v) is 2.62. The van der Waals surface area contributed by atoms with E-state index in [4.69, 9.17) is 11.1 Å². The van der Waals surface area contributed by atoms with Gasteiger partial charge in [-0.2, -0.15) is 0 Å². The summed E-state index contributed by atoms with van der Waals surface area (Å²) in [6, 6.07) is 0. The summed E-state index contributed by atoms with van der Waals surface area (Å²) in [4.78, 5) is 0. The first-order valence-electron chi connectivity index (χ1n) is 2.62. The zero-order valence-electron chi connectivity index (χ0n) is 5.31. The van der Waals surface area contributed by atoms with Crippen LogP contribution < -0.4 is 5.73 Å². The van der Waals surface area contributed by atoms with E-state index in [-0.39, 0.29) is 5.96 Å². The Hall–Kier alpha value is -0.860. The fourth-order valence-corrected chi connectivity index (χ4v) is 0.492. The van der Waals surface area contributed by atoms with Gasteiger partial charge in [0.25, 0.3) is 0 Å². The molecule has 0 fully saturated rings. The van der Waals surface area contributed by atoms with Gasteiger partial charge in [0.1, 0.15) is 0 Å². The fourth-order valence-electron chi connectivity index (χ4n) is 0.492. The molecular weight excluding hydrogens is 102 g/mol. The fraction of sp³-hybridized carbons (Fsp3) is 0.600. The van der Waals surface area contributed by atoms with E-state index in [2.05, 4.69) is 0 Å². The second-order valence-corrected chi connectivity index (χ2v) is 1.43. The molecule has 0 aliphatic heterocycles. The number of rotatable bonds is 1. The van der Waals surface area contributed by atoms with Gasteiger partial charge in [0.05, 0.1) is 6.54 Å². The number of hydrogen-bond donors (Lipinski definition) is 2. The summed E-state index contributed by atoms with van der Waals surface area (Å²) in [7, 11) is 0. The Labute approximate surface area is 49.3 Å². The minimum atomic E-state index is 0.106. The van der Waals surface area contributed by atoms with Gasteiger partial charge in [0.2, 0.25) is 0 Å². The highest BCUT2D eigenvalue weighted by Gasteiger charge is 1.96. The van der Waals surface area contributed by atoms with Gasteiger partial charge in [0, 0.05) is 6.21 Å². The maximum atomic E-state index is 6.92. The van der Waals surface area contributed by atoms with E-state index in [1.54, 1.807) is 10.8 Å². The topological polar surface area (TPSA) is 52.9 Å². The third-order valence-corrected chi connectivity index (χ3v) is 0.962. The summed E-state index contributed by atoms with van der Waals surface area (Å²) in [6.45, 7) is 4.57. The van der Waals surface area contributed by atoms with E-state index in [1.807, 2.05) is 13.8 Å². The van der Waals surface area contributed by atoms with E-state index >= 15 is 0 Å². The molecule has 8 heavy (non-hydrogen) atoms. The van der Waals surface area contributed by atoms with Gasteiger partial charge in [-0.15, -0.1) is 5.41 Å². The maximum Gasteiger partial charge on any atom is 0.381 e. The van der Waals surface area contributed by atoms with Crippen molar-refractivity contribution < 1.29 is 4.58 Å². The average molecular weight is 114 g/mol. The molecule has 0 aromatic rings. The lowest BCUT2D eigenvalue weighted by atomic mass is 10.6. The molecule has 0 bridgehead atoms. The molecule has 0 aromatic carbocycles. The van der Waals surface area contributed by atoms with Gasteiger partial charge >= 0.3 is 5.96 Å². The monoisotopic (exact) mass is 114 g/mol. The van der Waals surface area contributed by atoms with Crippen LogP contribution in [0.4, 0.5) is 0 Å². The standard InChI is InChI=1S/C5H12N3/c1-3-8(4-2)5(6)7/h3H,4H2,1-2H3,(H3,6,7)/q+1/b8-3+. The third-order valence-electron chi connectivity index (χ3n) is 0.962. The van der Waals surface area contributed by atoms with Crippen LogP contribution >= 0.6 is 0 Å². The second kappa shape index (κ2) is 3.18. The Morgan fingerprint density at radius 1 is 1.88 bits per heavy atom. The van der Waals surface area contributed by atoms with Crippen LogP contribution in [0.15, 0.2) is 0 Å². The molecule has 0 atom stereocenters. The lowest BCUT2D eigenvalue weighted by Crippen LogP contribution is -2.27. The van der Waals surface area contributed by atoms with Crippen LogP contribution in [-0.2, 0) is 0 Å². The summed E-state index contributed by atoms with van der Waals surface area (Å²) < 4.78 is 1.65. The summed E-state index contributed by atoms with van der Waals surface area (Å²) in [5.41, 5.74) is 5.14. The summed E-state index contributed by atoms with van der Waals surface area (Å²) in [5, 5.41) is 6.92. The van der Waals surface area contributed by atoms with Gasteiger partial charge in [0.15, 0.2) is 0 Å². The van der Waals surface area contributed by atoms with Crippen molar-refractivity contribution in [3.63, 3.8) is 0 Å². The zero-order valence-corrected chi connectivity index (χ0v) is 5.31. The molecule has 0 aliphatic carbocycles. The molecule has 0 aliphatic rings. The van der Waals surface area contributed by atoms with Crippen molar-refractivity contribution in [1.29, 1.82) is 5.41 Å². The first kappa shape index (κ1) is 7.14. The minimum Gasteiger partial charge on any atom is -0.288 e. The Kier molecular flexibility index (Phi) is 2.84. The van der Waals surface area contributed by atoms with Crippen molar-refractivity contribution >= 4 is 12.2 Å². The third kappa shape index (κ3) is 1.73. The smallest absolute Gasteiger partial charge is 0.288 e. The highest BCUT2D eigenvalue weighted by molar-refractivity contribution is 5.70. The predicted octanol–water partition coefficient (Wildman–Crippen LogP) is 0.00297. The molecule has 0 rings (SSSR count). The van der Waals surface area contributed by atoms with Gasteiger partial charge < -0.3 is 0 Å². The first-order chi connectivity index (χ1) is 3.72. The Morgan fingerprint density at radius 2 is 2.38 bits per heavy atom. The van der Waals surface area contributed by atoms with Crippen molar-refractivity contribution in [2.24, 2.45) is 5.73 Å². The molecule has 0 saturated carbocycles. The van der Waals surface area contributed by atoms with Crippen LogP contribution in [0.2, 0.25) is 0 Å². The number of guanidine groups is 1. The van der Waals surface area contributed by atoms with E-state index in [9.17, 15) is 0 Å². The highest BCUT2D eigenvalue weighted by Crippen LogP contribution is 1.67. The quantitative estimate of drug-likeness (QED) is 0.281. The second-order valence-electron chi connectivity index (χ2n) is 1.43. The summed E-state index contributed by atoms with van der Waals surface area (Å²) >= 11 is 0. The molecule has 0 spiro atoms. The molecule has 3 heteroatoms. The predicted molar refractivity (Wildman–Crippen MR) is 34.5 cm³/mol. The largest absolute Gasteiger partial charge is 0.381 e. The number of hydrogen-bond acceptors (Lipinski definition) is 1. The molecule has 46 valence electrons. The summed E-state index contributed by atoms with van der Waals surface area (Å²) in [6.07, 6.45) is 1.78. The van der Waals surface area contributed by atoms with Crippen molar-refractivity contribution in [3.05, 3.63) is 0 Å². The van der Waals surface area contributed by atoms with Crippen LogP contribution in [0.5, 0.6) is 0 Å². The van der Waals surface area contributed by atoms with E-state index in [0.717, 1.165) is 6.54 Å². The Morgan fingerprint density at radius 3 is 2.38 bits per heavy atom. The molecule has 0 aromatic heterocycles. The SMILES string of the molecule is C/C=[N+](\CC)C(=N)N. The van der Waals surface area contributed by atoms with E-state index in [0.29, 0.717) is 0 Å². The Bertz CT molecular complexity index is 115. The van der Waals surface area contributed by atoms with Crippen LogP contribution in [0.3, 0.4) is 0 Å². The van der Waals surface area contributed by atoms with Crippen molar-refractivity contribution in [2.45, 2.75) is 13.8 Å². The average Bonchev–Trinajstić information content (AvgIpc) is 1.69.